The largest absolute Gasteiger partial charge is 0.459 e. The molecule has 0 spiro atoms. The van der Waals surface area contributed by atoms with E-state index in [1.54, 1.807) is 0 Å². The lowest BCUT2D eigenvalue weighted by atomic mass is 9.86. The van der Waals surface area contributed by atoms with Crippen molar-refractivity contribution in [2.45, 2.75) is 40.7 Å². The van der Waals surface area contributed by atoms with Crippen LogP contribution in [-0.2, 0) is 0 Å². The fourth-order valence-corrected chi connectivity index (χ4v) is 1.99. The van der Waals surface area contributed by atoms with Gasteiger partial charge in [0, 0.05) is 5.39 Å². The van der Waals surface area contributed by atoms with Crippen molar-refractivity contribution in [3.63, 3.8) is 0 Å². The van der Waals surface area contributed by atoms with Gasteiger partial charge in [-0.3, -0.25) is 0 Å². The Morgan fingerprint density at radius 2 is 1.71 bits per heavy atom. The molecular weight excluding hydrogens is 210 g/mol. The molecule has 0 aliphatic carbocycles. The van der Waals surface area contributed by atoms with E-state index < -0.39 is 0 Å². The Kier molecular flexibility index (Phi) is 2.78. The normalized spacial score (nSPS) is 14.2. The summed E-state index contributed by atoms with van der Waals surface area (Å²) in [6.45, 7) is 10.6. The standard InChI is InChI=1S/C15H21NO/c1-9-6-7-10(2)13-11(9)8-12(17-13)14(16)15(3,4)5/h6-8,14H,16H2,1-5H3. The van der Waals surface area contributed by atoms with Gasteiger partial charge in [0.15, 0.2) is 0 Å². The van der Waals surface area contributed by atoms with E-state index in [1.807, 2.05) is 0 Å². The van der Waals surface area contributed by atoms with E-state index in [2.05, 4.69) is 52.8 Å². The molecule has 0 aliphatic heterocycles. The topological polar surface area (TPSA) is 39.2 Å². The highest BCUT2D eigenvalue weighted by Gasteiger charge is 2.25. The predicted octanol–water partition coefficient (Wildman–Crippen LogP) is 4.10. The molecule has 2 N–H and O–H groups in total. The van der Waals surface area contributed by atoms with Crippen molar-refractivity contribution in [2.24, 2.45) is 11.1 Å². The number of fused-ring (bicyclic) bond motifs is 1. The zero-order valence-electron chi connectivity index (χ0n) is 11.3. The van der Waals surface area contributed by atoms with Gasteiger partial charge in [-0.25, -0.2) is 0 Å². The molecule has 2 nitrogen and oxygen atoms in total. The lowest BCUT2D eigenvalue weighted by Crippen LogP contribution is -2.25. The van der Waals surface area contributed by atoms with E-state index in [-0.39, 0.29) is 11.5 Å². The minimum absolute atomic E-state index is 0.00961. The molecule has 0 saturated carbocycles. The van der Waals surface area contributed by atoms with Crippen molar-refractivity contribution in [3.8, 4) is 0 Å². The average molecular weight is 231 g/mol. The first-order valence-electron chi connectivity index (χ1n) is 6.06. The van der Waals surface area contributed by atoms with Crippen LogP contribution in [0.1, 0.15) is 43.7 Å². The maximum absolute atomic E-state index is 6.24. The summed E-state index contributed by atoms with van der Waals surface area (Å²) >= 11 is 0. The van der Waals surface area contributed by atoms with Crippen LogP contribution in [0, 0.1) is 19.3 Å². The highest BCUT2D eigenvalue weighted by atomic mass is 16.3. The van der Waals surface area contributed by atoms with Crippen molar-refractivity contribution in [1.82, 2.24) is 0 Å². The molecule has 0 amide bonds. The lowest BCUT2D eigenvalue weighted by Gasteiger charge is -2.24. The summed E-state index contributed by atoms with van der Waals surface area (Å²) in [7, 11) is 0. The van der Waals surface area contributed by atoms with Crippen LogP contribution in [0.4, 0.5) is 0 Å². The van der Waals surface area contributed by atoms with Crippen LogP contribution in [-0.4, -0.2) is 0 Å². The highest BCUT2D eigenvalue weighted by Crippen LogP contribution is 2.35. The van der Waals surface area contributed by atoms with Crippen LogP contribution in [0.15, 0.2) is 22.6 Å². The molecule has 2 aromatic rings. The van der Waals surface area contributed by atoms with E-state index in [0.29, 0.717) is 0 Å². The fourth-order valence-electron chi connectivity index (χ4n) is 1.99. The van der Waals surface area contributed by atoms with Crippen LogP contribution in [0.2, 0.25) is 0 Å². The molecule has 92 valence electrons. The summed E-state index contributed by atoms with van der Waals surface area (Å²) in [5.41, 5.74) is 9.63. The first-order valence-corrected chi connectivity index (χ1v) is 6.06. The molecule has 1 aromatic carbocycles. The molecular formula is C15H21NO. The fraction of sp³-hybridized carbons (Fsp3) is 0.467. The number of hydrogen-bond acceptors (Lipinski definition) is 2. The van der Waals surface area contributed by atoms with Gasteiger partial charge in [-0.05, 0) is 36.5 Å². The third kappa shape index (κ3) is 2.09. The maximum Gasteiger partial charge on any atom is 0.137 e. The quantitative estimate of drug-likeness (QED) is 0.802. The second-order valence-corrected chi connectivity index (χ2v) is 5.93. The van der Waals surface area contributed by atoms with Crippen LogP contribution in [0.5, 0.6) is 0 Å². The Bertz CT molecular complexity index is 507. The zero-order chi connectivity index (χ0) is 12.8. The number of hydrogen-bond donors (Lipinski definition) is 1. The van der Waals surface area contributed by atoms with Gasteiger partial charge in [-0.15, -0.1) is 0 Å². The minimum Gasteiger partial charge on any atom is -0.459 e. The van der Waals surface area contributed by atoms with Crippen molar-refractivity contribution in [3.05, 3.63) is 35.1 Å². The number of furan rings is 1. The Morgan fingerprint density at radius 1 is 1.12 bits per heavy atom. The Morgan fingerprint density at radius 3 is 2.24 bits per heavy atom. The van der Waals surface area contributed by atoms with Crippen LogP contribution < -0.4 is 5.73 Å². The van der Waals surface area contributed by atoms with E-state index in [9.17, 15) is 0 Å². The summed E-state index contributed by atoms with van der Waals surface area (Å²) in [6, 6.07) is 6.23. The molecule has 1 aromatic heterocycles. The molecule has 17 heavy (non-hydrogen) atoms. The summed E-state index contributed by atoms with van der Waals surface area (Å²) in [4.78, 5) is 0. The number of nitrogens with two attached hydrogens (primary N) is 1. The molecule has 2 rings (SSSR count). The molecule has 0 bridgehead atoms. The average Bonchev–Trinajstić information content (AvgIpc) is 2.67. The smallest absolute Gasteiger partial charge is 0.137 e. The second kappa shape index (κ2) is 3.88. The molecule has 1 unspecified atom stereocenters. The molecule has 2 heteroatoms. The SMILES string of the molecule is Cc1ccc(C)c2oc(C(N)C(C)(C)C)cc12. The first-order chi connectivity index (χ1) is 7.80. The monoisotopic (exact) mass is 231 g/mol. The third-order valence-electron chi connectivity index (χ3n) is 3.36. The molecule has 1 atom stereocenters. The van der Waals surface area contributed by atoms with E-state index >= 15 is 0 Å². The summed E-state index contributed by atoms with van der Waals surface area (Å²) in [5, 5.41) is 1.18. The van der Waals surface area contributed by atoms with Gasteiger partial charge in [-0.1, -0.05) is 32.9 Å². The van der Waals surface area contributed by atoms with Gasteiger partial charge in [-0.2, -0.15) is 0 Å². The Hall–Kier alpha value is -1.28. The Balaban J connectivity index is 2.59. The number of aryl methyl sites for hydroxylation is 2. The first kappa shape index (κ1) is 12.2. The van der Waals surface area contributed by atoms with Crippen molar-refractivity contribution < 1.29 is 4.42 Å². The predicted molar refractivity (Wildman–Crippen MR) is 72.1 cm³/mol. The maximum atomic E-state index is 6.24. The van der Waals surface area contributed by atoms with Crippen molar-refractivity contribution >= 4 is 11.0 Å². The lowest BCUT2D eigenvalue weighted by molar-refractivity contribution is 0.290. The van der Waals surface area contributed by atoms with Gasteiger partial charge in [0.25, 0.3) is 0 Å². The summed E-state index contributed by atoms with van der Waals surface area (Å²) < 4.78 is 5.94. The second-order valence-electron chi connectivity index (χ2n) is 5.93. The summed E-state index contributed by atoms with van der Waals surface area (Å²) in [6.07, 6.45) is 0. The molecule has 1 heterocycles. The van der Waals surface area contributed by atoms with Gasteiger partial charge in [0.05, 0.1) is 6.04 Å². The molecule has 0 radical (unpaired) electrons. The van der Waals surface area contributed by atoms with Crippen molar-refractivity contribution in [1.29, 1.82) is 0 Å². The molecule has 0 saturated heterocycles. The zero-order valence-corrected chi connectivity index (χ0v) is 11.3. The van der Waals surface area contributed by atoms with E-state index in [4.69, 9.17) is 10.2 Å². The minimum atomic E-state index is -0.0753. The van der Waals surface area contributed by atoms with Crippen LogP contribution >= 0.6 is 0 Å². The van der Waals surface area contributed by atoms with Gasteiger partial charge < -0.3 is 10.2 Å². The van der Waals surface area contributed by atoms with Gasteiger partial charge >= 0.3 is 0 Å². The third-order valence-corrected chi connectivity index (χ3v) is 3.36. The van der Waals surface area contributed by atoms with E-state index in [1.165, 1.54) is 10.9 Å². The molecule has 0 fully saturated rings. The number of rotatable bonds is 1. The summed E-state index contributed by atoms with van der Waals surface area (Å²) in [5.74, 6) is 0.880. The molecule has 0 aliphatic rings. The van der Waals surface area contributed by atoms with Crippen LogP contribution in [0.25, 0.3) is 11.0 Å². The van der Waals surface area contributed by atoms with Gasteiger partial charge in [0.2, 0.25) is 0 Å². The number of benzene rings is 1. The van der Waals surface area contributed by atoms with Gasteiger partial charge in [0.1, 0.15) is 11.3 Å². The Labute approximate surface area is 103 Å². The van der Waals surface area contributed by atoms with Crippen LogP contribution in [0.3, 0.4) is 0 Å². The highest BCUT2D eigenvalue weighted by molar-refractivity contribution is 5.84. The van der Waals surface area contributed by atoms with E-state index in [0.717, 1.165) is 16.9 Å². The van der Waals surface area contributed by atoms with Crippen molar-refractivity contribution in [2.75, 3.05) is 0 Å².